The van der Waals surface area contributed by atoms with E-state index >= 15 is 0 Å². The van der Waals surface area contributed by atoms with Gasteiger partial charge in [-0.25, -0.2) is 21.6 Å². The van der Waals surface area contributed by atoms with E-state index in [1.165, 1.54) is 0 Å². The zero-order valence-corrected chi connectivity index (χ0v) is 11.5. The maximum Gasteiger partial charge on any atom is 0.208 e. The van der Waals surface area contributed by atoms with Crippen molar-refractivity contribution < 1.29 is 16.8 Å². The molecule has 0 aromatic carbocycles. The van der Waals surface area contributed by atoms with Crippen molar-refractivity contribution in [3.05, 3.63) is 0 Å². The van der Waals surface area contributed by atoms with Gasteiger partial charge in [-0.1, -0.05) is 0 Å². The molecule has 0 spiro atoms. The predicted octanol–water partition coefficient (Wildman–Crippen LogP) is -1.05. The van der Waals surface area contributed by atoms with Crippen LogP contribution in [-0.4, -0.2) is 53.7 Å². The highest BCUT2D eigenvalue weighted by atomic mass is 32.2. The second-order valence-corrected chi connectivity index (χ2v) is 8.34. The zero-order valence-electron chi connectivity index (χ0n) is 9.86. The SMILES string of the molecule is CC(C)S(=O)(=O)CCNCCNS(C)(=O)=O. The Balaban J connectivity index is 3.63. The first-order chi connectivity index (χ1) is 7.15. The summed E-state index contributed by atoms with van der Waals surface area (Å²) >= 11 is 0. The van der Waals surface area contributed by atoms with Crippen molar-refractivity contribution in [2.75, 3.05) is 31.6 Å². The van der Waals surface area contributed by atoms with Gasteiger partial charge in [-0.3, -0.25) is 0 Å². The molecule has 0 fully saturated rings. The second-order valence-electron chi connectivity index (χ2n) is 3.83. The summed E-state index contributed by atoms with van der Waals surface area (Å²) in [4.78, 5) is 0. The Morgan fingerprint density at radius 2 is 1.56 bits per heavy atom. The van der Waals surface area contributed by atoms with E-state index in [2.05, 4.69) is 10.0 Å². The van der Waals surface area contributed by atoms with Crippen LogP contribution >= 0.6 is 0 Å². The van der Waals surface area contributed by atoms with Crippen LogP contribution in [0.25, 0.3) is 0 Å². The number of sulfonamides is 1. The van der Waals surface area contributed by atoms with Gasteiger partial charge in [0.2, 0.25) is 10.0 Å². The van der Waals surface area contributed by atoms with Crippen molar-refractivity contribution in [2.24, 2.45) is 0 Å². The molecule has 0 aromatic heterocycles. The molecule has 0 amide bonds. The third kappa shape index (κ3) is 8.03. The summed E-state index contributed by atoms with van der Waals surface area (Å²) in [7, 11) is -6.18. The molecule has 0 aliphatic heterocycles. The fraction of sp³-hybridized carbons (Fsp3) is 1.00. The summed E-state index contributed by atoms with van der Waals surface area (Å²) < 4.78 is 46.4. The lowest BCUT2D eigenvalue weighted by molar-refractivity contribution is 0.575. The highest BCUT2D eigenvalue weighted by Crippen LogP contribution is 1.98. The van der Waals surface area contributed by atoms with Crippen LogP contribution in [0.15, 0.2) is 0 Å². The first-order valence-corrected chi connectivity index (χ1v) is 8.63. The summed E-state index contributed by atoms with van der Waals surface area (Å²) in [5.74, 6) is 0.0730. The average Bonchev–Trinajstić information content (AvgIpc) is 2.09. The van der Waals surface area contributed by atoms with Gasteiger partial charge in [0.05, 0.1) is 17.3 Å². The fourth-order valence-corrected chi connectivity index (χ4v) is 2.27. The van der Waals surface area contributed by atoms with Crippen LogP contribution in [0, 0.1) is 0 Å². The van der Waals surface area contributed by atoms with Gasteiger partial charge in [-0.05, 0) is 13.8 Å². The van der Waals surface area contributed by atoms with Gasteiger partial charge in [0, 0.05) is 19.6 Å². The third-order valence-corrected chi connectivity index (χ3v) is 4.89. The smallest absolute Gasteiger partial charge is 0.208 e. The Bertz CT molecular complexity index is 386. The van der Waals surface area contributed by atoms with Gasteiger partial charge in [-0.2, -0.15) is 0 Å². The van der Waals surface area contributed by atoms with Gasteiger partial charge in [0.1, 0.15) is 0 Å². The lowest BCUT2D eigenvalue weighted by Crippen LogP contribution is -2.34. The molecule has 0 aliphatic rings. The molecule has 0 rings (SSSR count). The van der Waals surface area contributed by atoms with Gasteiger partial charge < -0.3 is 5.32 Å². The number of nitrogens with one attached hydrogen (secondary N) is 2. The van der Waals surface area contributed by atoms with E-state index in [9.17, 15) is 16.8 Å². The Morgan fingerprint density at radius 1 is 1.00 bits per heavy atom. The Kier molecular flexibility index (Phi) is 6.46. The normalized spacial score (nSPS) is 13.2. The molecule has 6 nitrogen and oxygen atoms in total. The standard InChI is InChI=1S/C8H20N2O4S2/c1-8(2)16(13,14)7-6-9-4-5-10-15(3,11)12/h8-10H,4-7H2,1-3H3. The molecule has 0 saturated heterocycles. The molecule has 0 saturated carbocycles. The fourth-order valence-electron chi connectivity index (χ4n) is 0.900. The topological polar surface area (TPSA) is 92.3 Å². The van der Waals surface area contributed by atoms with E-state index < -0.39 is 19.9 Å². The maximum atomic E-state index is 11.4. The lowest BCUT2D eigenvalue weighted by atomic mass is 10.6. The molecular weight excluding hydrogens is 252 g/mol. The quantitative estimate of drug-likeness (QED) is 0.550. The van der Waals surface area contributed by atoms with Crippen LogP contribution in [0.5, 0.6) is 0 Å². The molecular formula is C8H20N2O4S2. The number of hydrogen-bond donors (Lipinski definition) is 2. The van der Waals surface area contributed by atoms with E-state index in [-0.39, 0.29) is 17.5 Å². The van der Waals surface area contributed by atoms with Crippen molar-refractivity contribution in [1.82, 2.24) is 10.0 Å². The Labute approximate surface area is 97.8 Å². The van der Waals surface area contributed by atoms with Crippen LogP contribution in [0.3, 0.4) is 0 Å². The molecule has 0 heterocycles. The molecule has 0 atom stereocenters. The van der Waals surface area contributed by atoms with E-state index in [0.29, 0.717) is 13.1 Å². The van der Waals surface area contributed by atoms with Gasteiger partial charge in [0.15, 0.2) is 9.84 Å². The summed E-state index contributed by atoms with van der Waals surface area (Å²) in [5, 5.41) is 2.49. The molecule has 0 aromatic rings. The highest BCUT2D eigenvalue weighted by molar-refractivity contribution is 7.92. The number of hydrogen-bond acceptors (Lipinski definition) is 5. The van der Waals surface area contributed by atoms with Gasteiger partial charge >= 0.3 is 0 Å². The van der Waals surface area contributed by atoms with Crippen LogP contribution in [0.4, 0.5) is 0 Å². The third-order valence-electron chi connectivity index (χ3n) is 1.95. The predicted molar refractivity (Wildman–Crippen MR) is 64.6 cm³/mol. The molecule has 16 heavy (non-hydrogen) atoms. The van der Waals surface area contributed by atoms with Crippen molar-refractivity contribution in [2.45, 2.75) is 19.1 Å². The minimum atomic E-state index is -3.16. The van der Waals surface area contributed by atoms with Crippen molar-refractivity contribution >= 4 is 19.9 Å². The largest absolute Gasteiger partial charge is 0.314 e. The van der Waals surface area contributed by atoms with Crippen LogP contribution in [0.2, 0.25) is 0 Å². The van der Waals surface area contributed by atoms with Crippen molar-refractivity contribution in [3.8, 4) is 0 Å². The summed E-state index contributed by atoms with van der Waals surface area (Å²) in [6.07, 6.45) is 1.08. The maximum absolute atomic E-state index is 11.4. The van der Waals surface area contributed by atoms with Crippen molar-refractivity contribution in [3.63, 3.8) is 0 Å². The first-order valence-electron chi connectivity index (χ1n) is 5.02. The van der Waals surface area contributed by atoms with E-state index in [1.807, 2.05) is 0 Å². The molecule has 8 heteroatoms. The van der Waals surface area contributed by atoms with E-state index in [4.69, 9.17) is 0 Å². The molecule has 98 valence electrons. The van der Waals surface area contributed by atoms with Crippen LogP contribution < -0.4 is 10.0 Å². The summed E-state index contributed by atoms with van der Waals surface area (Å²) in [6, 6.07) is 0. The summed E-state index contributed by atoms with van der Waals surface area (Å²) in [6.45, 7) is 4.30. The van der Waals surface area contributed by atoms with Gasteiger partial charge in [-0.15, -0.1) is 0 Å². The minimum Gasteiger partial charge on any atom is -0.314 e. The Morgan fingerprint density at radius 3 is 2.00 bits per heavy atom. The monoisotopic (exact) mass is 272 g/mol. The molecule has 2 N–H and O–H groups in total. The van der Waals surface area contributed by atoms with Crippen LogP contribution in [-0.2, 0) is 19.9 Å². The zero-order chi connectivity index (χ0) is 12.8. The molecule has 0 unspecified atom stereocenters. The first kappa shape index (κ1) is 15.8. The van der Waals surface area contributed by atoms with Gasteiger partial charge in [0.25, 0.3) is 0 Å². The van der Waals surface area contributed by atoms with Crippen LogP contribution in [0.1, 0.15) is 13.8 Å². The second kappa shape index (κ2) is 6.53. The Hall–Kier alpha value is -0.180. The molecule has 0 bridgehead atoms. The highest BCUT2D eigenvalue weighted by Gasteiger charge is 2.14. The minimum absolute atomic E-state index is 0.0730. The molecule has 0 aliphatic carbocycles. The summed E-state index contributed by atoms with van der Waals surface area (Å²) in [5.41, 5.74) is 0. The number of sulfone groups is 1. The van der Waals surface area contributed by atoms with E-state index in [0.717, 1.165) is 6.26 Å². The average molecular weight is 272 g/mol. The molecule has 0 radical (unpaired) electrons. The van der Waals surface area contributed by atoms with E-state index in [1.54, 1.807) is 13.8 Å². The lowest BCUT2D eigenvalue weighted by Gasteiger charge is -2.08. The number of rotatable bonds is 8. The van der Waals surface area contributed by atoms with Crippen molar-refractivity contribution in [1.29, 1.82) is 0 Å².